The van der Waals surface area contributed by atoms with Gasteiger partial charge in [0.1, 0.15) is 6.33 Å². The van der Waals surface area contributed by atoms with Crippen molar-refractivity contribution in [1.82, 2.24) is 19.7 Å². The summed E-state index contributed by atoms with van der Waals surface area (Å²) >= 11 is 1.44. The molecule has 1 aliphatic heterocycles. The number of nitrogens with zero attached hydrogens (tertiary/aromatic N) is 4. The molecule has 0 aromatic carbocycles. The van der Waals surface area contributed by atoms with Crippen molar-refractivity contribution in [3.05, 3.63) is 6.33 Å². The summed E-state index contributed by atoms with van der Waals surface area (Å²) in [5.74, 6) is 0.432. The molecule has 1 aromatic heterocycles. The summed E-state index contributed by atoms with van der Waals surface area (Å²) in [7, 11) is 0. The van der Waals surface area contributed by atoms with Crippen molar-refractivity contribution in [3.8, 4) is 0 Å². The molecule has 3 rings (SSSR count). The van der Waals surface area contributed by atoms with Gasteiger partial charge in [0.05, 0.1) is 11.4 Å². The minimum Gasteiger partial charge on any atom is -0.388 e. The molecule has 1 amide bonds. The van der Waals surface area contributed by atoms with Gasteiger partial charge in [0.25, 0.3) is 0 Å². The fraction of sp³-hybridized carbons (Fsp3) is 0.769. The summed E-state index contributed by atoms with van der Waals surface area (Å²) in [5, 5.41) is 18.9. The number of rotatable bonds is 4. The molecule has 0 bridgehead atoms. The maximum Gasteiger partial charge on any atom is 0.233 e. The number of aliphatic hydroxyl groups is 1. The molecule has 7 heteroatoms. The van der Waals surface area contributed by atoms with Crippen molar-refractivity contribution in [2.45, 2.75) is 49.4 Å². The van der Waals surface area contributed by atoms with Gasteiger partial charge in [0.15, 0.2) is 5.16 Å². The highest BCUT2D eigenvalue weighted by Crippen LogP contribution is 2.37. The Labute approximate surface area is 122 Å². The van der Waals surface area contributed by atoms with Gasteiger partial charge >= 0.3 is 0 Å². The Hall–Kier alpha value is -1.08. The third-order valence-electron chi connectivity index (χ3n) is 3.83. The second-order valence-electron chi connectivity index (χ2n) is 5.96. The Balaban J connectivity index is 1.55. The molecule has 6 nitrogen and oxygen atoms in total. The van der Waals surface area contributed by atoms with Crippen molar-refractivity contribution < 1.29 is 9.90 Å². The second kappa shape index (κ2) is 5.37. The average Bonchev–Trinajstić information content (AvgIpc) is 3.14. The van der Waals surface area contributed by atoms with Crippen LogP contribution in [0, 0.1) is 0 Å². The van der Waals surface area contributed by atoms with Crippen molar-refractivity contribution in [2.24, 2.45) is 0 Å². The van der Waals surface area contributed by atoms with Crippen molar-refractivity contribution >= 4 is 17.7 Å². The molecule has 1 unspecified atom stereocenters. The molecule has 1 N–H and O–H groups in total. The van der Waals surface area contributed by atoms with Crippen LogP contribution in [0.2, 0.25) is 0 Å². The SMILES string of the molecule is CC1(O)CCCN(C(=O)CSc2nncn2C2CC2)C1. The molecule has 0 radical (unpaired) electrons. The number of hydrogen-bond acceptors (Lipinski definition) is 5. The number of aromatic nitrogens is 3. The Kier molecular flexibility index (Phi) is 3.72. The van der Waals surface area contributed by atoms with Crippen LogP contribution in [-0.4, -0.2) is 55.1 Å². The van der Waals surface area contributed by atoms with Gasteiger partial charge in [-0.25, -0.2) is 0 Å². The van der Waals surface area contributed by atoms with E-state index in [1.165, 1.54) is 24.6 Å². The zero-order valence-corrected chi connectivity index (χ0v) is 12.5. The fourth-order valence-electron chi connectivity index (χ4n) is 2.59. The summed E-state index contributed by atoms with van der Waals surface area (Å²) in [4.78, 5) is 14.0. The molecule has 110 valence electrons. The van der Waals surface area contributed by atoms with Gasteiger partial charge in [-0.2, -0.15) is 0 Å². The minimum absolute atomic E-state index is 0.0697. The second-order valence-corrected chi connectivity index (χ2v) is 6.90. The first-order valence-corrected chi connectivity index (χ1v) is 8.06. The predicted octanol–water partition coefficient (Wildman–Crippen LogP) is 1.08. The third kappa shape index (κ3) is 3.15. The zero-order valence-electron chi connectivity index (χ0n) is 11.7. The van der Waals surface area contributed by atoms with Gasteiger partial charge in [-0.3, -0.25) is 4.79 Å². The first kappa shape index (κ1) is 13.9. The smallest absolute Gasteiger partial charge is 0.233 e. The number of thioether (sulfide) groups is 1. The fourth-order valence-corrected chi connectivity index (χ4v) is 3.47. The molecule has 0 spiro atoms. The lowest BCUT2D eigenvalue weighted by atomic mass is 9.95. The van der Waals surface area contributed by atoms with Gasteiger partial charge in [-0.05, 0) is 32.6 Å². The number of carbonyl (C=O) groups excluding carboxylic acids is 1. The Morgan fingerprint density at radius 1 is 1.60 bits per heavy atom. The molecule has 1 aromatic rings. The molecule has 1 saturated heterocycles. The van der Waals surface area contributed by atoms with E-state index in [1.54, 1.807) is 18.2 Å². The first-order valence-electron chi connectivity index (χ1n) is 7.08. The van der Waals surface area contributed by atoms with Gasteiger partial charge < -0.3 is 14.6 Å². The summed E-state index contributed by atoms with van der Waals surface area (Å²) in [6.07, 6.45) is 5.72. The van der Waals surface area contributed by atoms with Crippen LogP contribution in [0.1, 0.15) is 38.6 Å². The zero-order chi connectivity index (χ0) is 14.2. The number of amides is 1. The van der Waals surface area contributed by atoms with Gasteiger partial charge in [-0.15, -0.1) is 10.2 Å². The Bertz CT molecular complexity index is 498. The van der Waals surface area contributed by atoms with Gasteiger partial charge in [0.2, 0.25) is 5.91 Å². The van der Waals surface area contributed by atoms with Crippen LogP contribution < -0.4 is 0 Å². The van der Waals surface area contributed by atoms with E-state index < -0.39 is 5.60 Å². The van der Waals surface area contributed by atoms with Crippen LogP contribution in [-0.2, 0) is 4.79 Å². The van der Waals surface area contributed by atoms with E-state index in [-0.39, 0.29) is 5.91 Å². The largest absolute Gasteiger partial charge is 0.388 e. The van der Waals surface area contributed by atoms with E-state index in [0.29, 0.717) is 18.3 Å². The lowest BCUT2D eigenvalue weighted by molar-refractivity contribution is -0.134. The maximum atomic E-state index is 12.2. The predicted molar refractivity (Wildman–Crippen MR) is 75.5 cm³/mol. The van der Waals surface area contributed by atoms with E-state index in [4.69, 9.17) is 0 Å². The molecule has 2 fully saturated rings. The normalized spacial score (nSPS) is 26.8. The molecule has 1 saturated carbocycles. The third-order valence-corrected chi connectivity index (χ3v) is 4.77. The molecule has 20 heavy (non-hydrogen) atoms. The molecular formula is C13H20N4O2S. The number of β-amino-alcohol motifs (C(OH)–C–C–N with tert-alkyl or cyclic N) is 1. The van der Waals surface area contributed by atoms with Crippen LogP contribution in [0.4, 0.5) is 0 Å². The summed E-state index contributed by atoms with van der Waals surface area (Å²) in [5.41, 5.74) is -0.743. The van der Waals surface area contributed by atoms with Gasteiger partial charge in [0, 0.05) is 19.1 Å². The summed E-state index contributed by atoms with van der Waals surface area (Å²) < 4.78 is 2.06. The van der Waals surface area contributed by atoms with E-state index in [9.17, 15) is 9.90 Å². The molecule has 1 atom stereocenters. The van der Waals surface area contributed by atoms with E-state index in [2.05, 4.69) is 14.8 Å². The maximum absolute atomic E-state index is 12.2. The standard InChI is InChI=1S/C13H20N4O2S/c1-13(19)5-2-6-16(8-13)11(18)7-20-12-15-14-9-17(12)10-3-4-10/h9-10,19H,2-8H2,1H3. The molecule has 1 aliphatic carbocycles. The van der Waals surface area contributed by atoms with Crippen LogP contribution in [0.25, 0.3) is 0 Å². The van der Waals surface area contributed by atoms with Crippen LogP contribution >= 0.6 is 11.8 Å². The Morgan fingerprint density at radius 2 is 2.40 bits per heavy atom. The highest BCUT2D eigenvalue weighted by Gasteiger charge is 2.31. The quantitative estimate of drug-likeness (QED) is 0.842. The van der Waals surface area contributed by atoms with E-state index in [1.807, 2.05) is 0 Å². The molecule has 2 aliphatic rings. The topological polar surface area (TPSA) is 71.2 Å². The van der Waals surface area contributed by atoms with E-state index in [0.717, 1.165) is 24.5 Å². The average molecular weight is 296 g/mol. The monoisotopic (exact) mass is 296 g/mol. The van der Waals surface area contributed by atoms with Crippen molar-refractivity contribution in [2.75, 3.05) is 18.8 Å². The molecule has 2 heterocycles. The minimum atomic E-state index is -0.743. The number of piperidine rings is 1. The van der Waals surface area contributed by atoms with Crippen LogP contribution in [0.3, 0.4) is 0 Å². The van der Waals surface area contributed by atoms with Crippen molar-refractivity contribution in [3.63, 3.8) is 0 Å². The highest BCUT2D eigenvalue weighted by atomic mass is 32.2. The molecular weight excluding hydrogens is 276 g/mol. The summed E-state index contributed by atoms with van der Waals surface area (Å²) in [6.45, 7) is 2.97. The highest BCUT2D eigenvalue weighted by molar-refractivity contribution is 7.99. The Morgan fingerprint density at radius 3 is 3.10 bits per heavy atom. The van der Waals surface area contributed by atoms with Gasteiger partial charge in [-0.1, -0.05) is 11.8 Å². The van der Waals surface area contributed by atoms with E-state index >= 15 is 0 Å². The van der Waals surface area contributed by atoms with Crippen molar-refractivity contribution in [1.29, 1.82) is 0 Å². The first-order chi connectivity index (χ1) is 9.55. The number of likely N-dealkylation sites (tertiary alicyclic amines) is 1. The number of carbonyl (C=O) groups is 1. The van der Waals surface area contributed by atoms with Crippen LogP contribution in [0.5, 0.6) is 0 Å². The number of hydrogen-bond donors (Lipinski definition) is 1. The summed E-state index contributed by atoms with van der Waals surface area (Å²) in [6, 6.07) is 0.526. The lowest BCUT2D eigenvalue weighted by Crippen LogP contribution is -2.49. The van der Waals surface area contributed by atoms with Crippen LogP contribution in [0.15, 0.2) is 11.5 Å². The lowest BCUT2D eigenvalue weighted by Gasteiger charge is -2.36.